The lowest BCUT2D eigenvalue weighted by Crippen LogP contribution is -2.49. The van der Waals surface area contributed by atoms with Crippen LogP contribution in [0.5, 0.6) is 0 Å². The summed E-state index contributed by atoms with van der Waals surface area (Å²) < 4.78 is 0. The minimum absolute atomic E-state index is 0.259. The quantitative estimate of drug-likeness (QED) is 0.751. The van der Waals surface area contributed by atoms with Gasteiger partial charge in [-0.05, 0) is 31.0 Å². The van der Waals surface area contributed by atoms with Crippen molar-refractivity contribution >= 4 is 46.7 Å². The van der Waals surface area contributed by atoms with E-state index in [1.54, 1.807) is 19.2 Å². The summed E-state index contributed by atoms with van der Waals surface area (Å²) in [4.78, 5) is 51.5. The van der Waals surface area contributed by atoms with Gasteiger partial charge in [0.15, 0.2) is 0 Å². The molecule has 150 valence electrons. The first-order chi connectivity index (χ1) is 13.2. The highest BCUT2D eigenvalue weighted by Crippen LogP contribution is 2.39. The zero-order chi connectivity index (χ0) is 20.5. The molecule has 1 aliphatic carbocycles. The SMILES string of the molecule is CC(=O)Nc1ccc(NC(=O)CN2C(=O)N(C)C3(CCCCC3)C2=O)cc1Cl. The zero-order valence-corrected chi connectivity index (χ0v) is 16.6. The molecule has 9 heteroatoms. The highest BCUT2D eigenvalue weighted by Gasteiger charge is 2.55. The Morgan fingerprint density at radius 1 is 1.14 bits per heavy atom. The largest absolute Gasteiger partial charge is 0.327 e. The minimum Gasteiger partial charge on any atom is -0.325 e. The van der Waals surface area contributed by atoms with E-state index in [1.807, 2.05) is 0 Å². The van der Waals surface area contributed by atoms with Crippen LogP contribution in [-0.4, -0.2) is 52.7 Å². The molecule has 1 saturated carbocycles. The number of amides is 5. The Kier molecular flexibility index (Phi) is 5.60. The summed E-state index contributed by atoms with van der Waals surface area (Å²) in [6, 6.07) is 4.20. The third-order valence-electron chi connectivity index (χ3n) is 5.35. The number of hydrogen-bond donors (Lipinski definition) is 2. The van der Waals surface area contributed by atoms with Gasteiger partial charge in [0, 0.05) is 19.7 Å². The number of carbonyl (C=O) groups excluding carboxylic acids is 4. The molecule has 0 aromatic heterocycles. The maximum absolute atomic E-state index is 12.9. The number of carbonyl (C=O) groups is 4. The Labute approximate surface area is 168 Å². The van der Waals surface area contributed by atoms with E-state index in [2.05, 4.69) is 10.6 Å². The molecule has 28 heavy (non-hydrogen) atoms. The molecule has 2 N–H and O–H groups in total. The predicted molar refractivity (Wildman–Crippen MR) is 105 cm³/mol. The molecule has 1 saturated heterocycles. The molecule has 0 radical (unpaired) electrons. The van der Waals surface area contributed by atoms with E-state index in [0.29, 0.717) is 24.2 Å². The smallest absolute Gasteiger partial charge is 0.325 e. The van der Waals surface area contributed by atoms with Crippen LogP contribution in [0.25, 0.3) is 0 Å². The number of halogens is 1. The van der Waals surface area contributed by atoms with E-state index in [4.69, 9.17) is 11.6 Å². The van der Waals surface area contributed by atoms with Crippen molar-refractivity contribution in [3.8, 4) is 0 Å². The monoisotopic (exact) mass is 406 g/mol. The van der Waals surface area contributed by atoms with Crippen molar-refractivity contribution in [3.63, 3.8) is 0 Å². The van der Waals surface area contributed by atoms with Crippen LogP contribution >= 0.6 is 11.6 Å². The second kappa shape index (κ2) is 7.79. The Morgan fingerprint density at radius 3 is 2.43 bits per heavy atom. The molecule has 2 fully saturated rings. The van der Waals surface area contributed by atoms with Crippen molar-refractivity contribution in [1.82, 2.24) is 9.80 Å². The van der Waals surface area contributed by atoms with E-state index in [9.17, 15) is 19.2 Å². The van der Waals surface area contributed by atoms with Gasteiger partial charge in [-0.1, -0.05) is 30.9 Å². The van der Waals surface area contributed by atoms with Crippen LogP contribution in [-0.2, 0) is 14.4 Å². The van der Waals surface area contributed by atoms with Crippen LogP contribution < -0.4 is 10.6 Å². The highest BCUT2D eigenvalue weighted by atomic mass is 35.5. The summed E-state index contributed by atoms with van der Waals surface area (Å²) in [5, 5.41) is 5.48. The first-order valence-electron chi connectivity index (χ1n) is 9.21. The molecule has 0 bridgehead atoms. The van der Waals surface area contributed by atoms with Gasteiger partial charge in [0.1, 0.15) is 12.1 Å². The number of anilines is 2. The minimum atomic E-state index is -0.807. The topological polar surface area (TPSA) is 98.8 Å². The summed E-state index contributed by atoms with van der Waals surface area (Å²) in [5.74, 6) is -1.05. The molecule has 8 nitrogen and oxygen atoms in total. The van der Waals surface area contributed by atoms with Crippen LogP contribution in [0.2, 0.25) is 5.02 Å². The molecule has 2 aliphatic rings. The van der Waals surface area contributed by atoms with Gasteiger partial charge in [-0.2, -0.15) is 0 Å². The lowest BCUT2D eigenvalue weighted by Gasteiger charge is -2.35. The number of likely N-dealkylation sites (N-methyl/N-ethyl adjacent to an activating group) is 1. The lowest BCUT2D eigenvalue weighted by atomic mass is 9.81. The molecule has 1 aromatic rings. The zero-order valence-electron chi connectivity index (χ0n) is 15.9. The first-order valence-corrected chi connectivity index (χ1v) is 9.59. The molecule has 0 atom stereocenters. The van der Waals surface area contributed by atoms with Crippen LogP contribution in [0.4, 0.5) is 16.2 Å². The summed E-state index contributed by atoms with van der Waals surface area (Å²) in [5.41, 5.74) is 0.0284. The van der Waals surface area contributed by atoms with Crippen LogP contribution in [0.3, 0.4) is 0 Å². The molecule has 0 unspecified atom stereocenters. The van der Waals surface area contributed by atoms with Crippen LogP contribution in [0.1, 0.15) is 39.0 Å². The van der Waals surface area contributed by atoms with Crippen molar-refractivity contribution in [2.45, 2.75) is 44.6 Å². The van der Waals surface area contributed by atoms with Gasteiger partial charge in [0.25, 0.3) is 5.91 Å². The van der Waals surface area contributed by atoms with E-state index in [1.165, 1.54) is 17.9 Å². The fourth-order valence-corrected chi connectivity index (χ4v) is 4.13. The number of hydrogen-bond acceptors (Lipinski definition) is 4. The maximum Gasteiger partial charge on any atom is 0.327 e. The fourth-order valence-electron chi connectivity index (χ4n) is 3.90. The number of nitrogens with zero attached hydrogens (tertiary/aromatic N) is 2. The Hall–Kier alpha value is -2.61. The van der Waals surface area contributed by atoms with Gasteiger partial charge < -0.3 is 15.5 Å². The predicted octanol–water partition coefficient (Wildman–Crippen LogP) is 2.83. The third kappa shape index (κ3) is 3.69. The summed E-state index contributed by atoms with van der Waals surface area (Å²) >= 11 is 6.10. The van der Waals surface area contributed by atoms with E-state index >= 15 is 0 Å². The molecule has 1 spiro atoms. The van der Waals surface area contributed by atoms with Gasteiger partial charge in [-0.3, -0.25) is 19.3 Å². The van der Waals surface area contributed by atoms with Crippen molar-refractivity contribution in [1.29, 1.82) is 0 Å². The molecule has 1 aliphatic heterocycles. The van der Waals surface area contributed by atoms with Crippen LogP contribution in [0, 0.1) is 0 Å². The Bertz CT molecular complexity index is 835. The summed E-state index contributed by atoms with van der Waals surface area (Å²) in [6.07, 6.45) is 4.09. The summed E-state index contributed by atoms with van der Waals surface area (Å²) in [6.45, 7) is 1.01. The van der Waals surface area contributed by atoms with Crippen molar-refractivity contribution in [2.75, 3.05) is 24.2 Å². The number of nitrogens with one attached hydrogen (secondary N) is 2. The number of rotatable bonds is 4. The number of imide groups is 1. The highest BCUT2D eigenvalue weighted by molar-refractivity contribution is 6.34. The van der Waals surface area contributed by atoms with Gasteiger partial charge in [-0.15, -0.1) is 0 Å². The molecular weight excluding hydrogens is 384 g/mol. The maximum atomic E-state index is 12.9. The van der Waals surface area contributed by atoms with E-state index < -0.39 is 17.5 Å². The van der Waals surface area contributed by atoms with Crippen molar-refractivity contribution in [3.05, 3.63) is 23.2 Å². The van der Waals surface area contributed by atoms with E-state index in [0.717, 1.165) is 24.2 Å². The van der Waals surface area contributed by atoms with E-state index in [-0.39, 0.29) is 23.4 Å². The van der Waals surface area contributed by atoms with Gasteiger partial charge in [0.05, 0.1) is 10.7 Å². The Balaban J connectivity index is 1.68. The first kappa shape index (κ1) is 20.1. The molecule has 1 heterocycles. The van der Waals surface area contributed by atoms with Crippen molar-refractivity contribution in [2.24, 2.45) is 0 Å². The lowest BCUT2D eigenvalue weighted by molar-refractivity contribution is -0.136. The third-order valence-corrected chi connectivity index (χ3v) is 5.66. The average molecular weight is 407 g/mol. The average Bonchev–Trinajstić information content (AvgIpc) is 2.81. The summed E-state index contributed by atoms with van der Waals surface area (Å²) in [7, 11) is 1.63. The number of urea groups is 1. The number of benzene rings is 1. The second-order valence-corrected chi connectivity index (χ2v) is 7.66. The molecule has 5 amide bonds. The normalized spacial score (nSPS) is 18.5. The van der Waals surface area contributed by atoms with Crippen molar-refractivity contribution < 1.29 is 19.2 Å². The van der Waals surface area contributed by atoms with Gasteiger partial charge in [-0.25, -0.2) is 4.79 Å². The standard InChI is InChI=1S/C19H23ClN4O4/c1-12(25)21-15-7-6-13(10-14(15)20)22-16(26)11-24-17(27)19(23(2)18(24)28)8-4-3-5-9-19/h6-7,10H,3-5,8-9,11H2,1-2H3,(H,21,25)(H,22,26). The van der Waals surface area contributed by atoms with Crippen LogP contribution in [0.15, 0.2) is 18.2 Å². The Morgan fingerprint density at radius 2 is 1.82 bits per heavy atom. The fraction of sp³-hybridized carbons (Fsp3) is 0.474. The molecule has 3 rings (SSSR count). The molecule has 1 aromatic carbocycles. The van der Waals surface area contributed by atoms with Gasteiger partial charge >= 0.3 is 6.03 Å². The molecular formula is C19H23ClN4O4. The van der Waals surface area contributed by atoms with Gasteiger partial charge in [0.2, 0.25) is 11.8 Å². The second-order valence-electron chi connectivity index (χ2n) is 7.25.